The average Bonchev–Trinajstić information content (AvgIpc) is 3.16. The quantitative estimate of drug-likeness (QED) is 0.652. The molecule has 1 amide bonds. The first-order chi connectivity index (χ1) is 13.6. The largest absolute Gasteiger partial charge is 0.350 e. The summed E-state index contributed by atoms with van der Waals surface area (Å²) in [5.74, 6) is 0.870. The number of hydrogen-bond donors (Lipinski definition) is 0. The zero-order valence-electron chi connectivity index (χ0n) is 16.4. The van der Waals surface area contributed by atoms with E-state index in [-0.39, 0.29) is 11.9 Å². The van der Waals surface area contributed by atoms with Gasteiger partial charge in [0.15, 0.2) is 0 Å². The maximum Gasteiger partial charge on any atom is 0.258 e. The number of anilines is 2. The number of aromatic nitrogens is 1. The molecule has 0 N–H and O–H groups in total. The van der Waals surface area contributed by atoms with Crippen LogP contribution in [0.3, 0.4) is 0 Å². The van der Waals surface area contributed by atoms with Gasteiger partial charge in [-0.25, -0.2) is 4.98 Å². The van der Waals surface area contributed by atoms with E-state index in [1.807, 2.05) is 53.4 Å². The van der Waals surface area contributed by atoms with Crippen molar-refractivity contribution in [1.82, 2.24) is 4.98 Å². The molecule has 0 fully saturated rings. The summed E-state index contributed by atoms with van der Waals surface area (Å²) in [6.07, 6.45) is 2.65. The van der Waals surface area contributed by atoms with Gasteiger partial charge < -0.3 is 9.80 Å². The van der Waals surface area contributed by atoms with Crippen LogP contribution in [0.15, 0.2) is 72.9 Å². The highest BCUT2D eigenvalue weighted by Gasteiger charge is 2.26. The molecule has 0 unspecified atom stereocenters. The molecule has 4 nitrogen and oxygen atoms in total. The summed E-state index contributed by atoms with van der Waals surface area (Å²) in [6.45, 7) is 5.79. The molecular weight excluding hydrogens is 346 g/mol. The van der Waals surface area contributed by atoms with Gasteiger partial charge in [0.1, 0.15) is 5.82 Å². The van der Waals surface area contributed by atoms with Gasteiger partial charge in [0.2, 0.25) is 0 Å². The van der Waals surface area contributed by atoms with Crippen LogP contribution < -0.4 is 9.80 Å². The fourth-order valence-corrected chi connectivity index (χ4v) is 3.72. The SMILES string of the molecule is CC(C)N(Cc1ccccc1)c1cc(C(=O)N2CCc3ccccc32)ccn1. The van der Waals surface area contributed by atoms with Crippen LogP contribution in [0.5, 0.6) is 0 Å². The molecule has 4 rings (SSSR count). The van der Waals surface area contributed by atoms with E-state index < -0.39 is 0 Å². The lowest BCUT2D eigenvalue weighted by molar-refractivity contribution is 0.0989. The molecule has 0 spiro atoms. The summed E-state index contributed by atoms with van der Waals surface area (Å²) >= 11 is 0. The lowest BCUT2D eigenvalue weighted by atomic mass is 10.1. The summed E-state index contributed by atoms with van der Waals surface area (Å²) in [7, 11) is 0. The number of carbonyl (C=O) groups is 1. The van der Waals surface area contributed by atoms with E-state index in [9.17, 15) is 4.79 Å². The normalized spacial score (nSPS) is 12.9. The first kappa shape index (κ1) is 18.2. The van der Waals surface area contributed by atoms with Gasteiger partial charge in [0, 0.05) is 36.6 Å². The monoisotopic (exact) mass is 371 g/mol. The van der Waals surface area contributed by atoms with Crippen molar-refractivity contribution in [2.75, 3.05) is 16.3 Å². The molecule has 0 radical (unpaired) electrons. The van der Waals surface area contributed by atoms with Crippen LogP contribution in [0.25, 0.3) is 0 Å². The Balaban J connectivity index is 1.61. The Hall–Kier alpha value is -3.14. The van der Waals surface area contributed by atoms with Crippen molar-refractivity contribution in [3.05, 3.63) is 89.6 Å². The second kappa shape index (κ2) is 7.85. The maximum atomic E-state index is 13.2. The minimum Gasteiger partial charge on any atom is -0.350 e. The fraction of sp³-hybridized carbons (Fsp3) is 0.250. The highest BCUT2D eigenvalue weighted by Crippen LogP contribution is 2.29. The van der Waals surface area contributed by atoms with Gasteiger partial charge in [-0.2, -0.15) is 0 Å². The Bertz CT molecular complexity index is 968. The fourth-order valence-electron chi connectivity index (χ4n) is 3.72. The van der Waals surface area contributed by atoms with Gasteiger partial charge in [0.05, 0.1) is 0 Å². The van der Waals surface area contributed by atoms with Crippen LogP contribution in [0.1, 0.15) is 35.3 Å². The first-order valence-corrected chi connectivity index (χ1v) is 9.80. The number of benzene rings is 2. The standard InChI is InChI=1S/C24H25N3O/c1-18(2)27(17-19-8-4-3-5-9-19)23-16-21(12-14-25-23)24(28)26-15-13-20-10-6-7-11-22(20)26/h3-12,14,16,18H,13,15,17H2,1-2H3. The summed E-state index contributed by atoms with van der Waals surface area (Å²) in [4.78, 5) is 21.9. The molecule has 2 heterocycles. The summed E-state index contributed by atoms with van der Waals surface area (Å²) in [6, 6.07) is 22.5. The van der Waals surface area contributed by atoms with Gasteiger partial charge in [-0.3, -0.25) is 4.79 Å². The first-order valence-electron chi connectivity index (χ1n) is 9.80. The molecule has 1 aliphatic rings. The zero-order valence-corrected chi connectivity index (χ0v) is 16.4. The van der Waals surface area contributed by atoms with Gasteiger partial charge in [-0.15, -0.1) is 0 Å². The van der Waals surface area contributed by atoms with Crippen molar-refractivity contribution >= 4 is 17.4 Å². The molecule has 1 aromatic heterocycles. The number of nitrogens with zero attached hydrogens (tertiary/aromatic N) is 3. The van der Waals surface area contributed by atoms with Crippen molar-refractivity contribution in [1.29, 1.82) is 0 Å². The van der Waals surface area contributed by atoms with Crippen molar-refractivity contribution in [2.24, 2.45) is 0 Å². The third-order valence-corrected chi connectivity index (χ3v) is 5.24. The second-order valence-electron chi connectivity index (χ2n) is 7.45. The Morgan fingerprint density at radius 3 is 2.61 bits per heavy atom. The van der Waals surface area contributed by atoms with E-state index in [1.54, 1.807) is 6.20 Å². The molecule has 142 valence electrons. The van der Waals surface area contributed by atoms with Crippen LogP contribution in [0, 0.1) is 0 Å². The Morgan fingerprint density at radius 1 is 1.07 bits per heavy atom. The molecule has 0 saturated heterocycles. The second-order valence-corrected chi connectivity index (χ2v) is 7.45. The van der Waals surface area contributed by atoms with Crippen LogP contribution in [-0.2, 0) is 13.0 Å². The minimum absolute atomic E-state index is 0.0389. The summed E-state index contributed by atoms with van der Waals surface area (Å²) in [5, 5.41) is 0. The lowest BCUT2D eigenvalue weighted by Crippen LogP contribution is -2.32. The molecule has 2 aromatic carbocycles. The van der Waals surface area contributed by atoms with Crippen LogP contribution in [0.2, 0.25) is 0 Å². The molecule has 0 bridgehead atoms. The smallest absolute Gasteiger partial charge is 0.258 e. The van der Waals surface area contributed by atoms with Crippen molar-refractivity contribution < 1.29 is 4.79 Å². The van der Waals surface area contributed by atoms with Gasteiger partial charge in [-0.1, -0.05) is 48.5 Å². The van der Waals surface area contributed by atoms with Crippen LogP contribution in [-0.4, -0.2) is 23.5 Å². The Labute approximate surface area is 166 Å². The van der Waals surface area contributed by atoms with Gasteiger partial charge in [-0.05, 0) is 49.6 Å². The van der Waals surface area contributed by atoms with Gasteiger partial charge >= 0.3 is 0 Å². The number of hydrogen-bond acceptors (Lipinski definition) is 3. The van der Waals surface area contributed by atoms with Gasteiger partial charge in [0.25, 0.3) is 5.91 Å². The highest BCUT2D eigenvalue weighted by molar-refractivity contribution is 6.07. The van der Waals surface area contributed by atoms with E-state index in [1.165, 1.54) is 11.1 Å². The Morgan fingerprint density at radius 2 is 1.82 bits per heavy atom. The summed E-state index contributed by atoms with van der Waals surface area (Å²) < 4.78 is 0. The third kappa shape index (κ3) is 3.63. The van der Waals surface area contributed by atoms with E-state index in [4.69, 9.17) is 0 Å². The zero-order chi connectivity index (χ0) is 19.5. The number of amides is 1. The van der Waals surface area contributed by atoms with E-state index in [0.29, 0.717) is 5.56 Å². The van der Waals surface area contributed by atoms with Crippen molar-refractivity contribution in [3.8, 4) is 0 Å². The number of fused-ring (bicyclic) bond motifs is 1. The summed E-state index contributed by atoms with van der Waals surface area (Å²) in [5.41, 5.74) is 4.16. The molecule has 0 aliphatic carbocycles. The number of pyridine rings is 1. The average molecular weight is 371 g/mol. The Kier molecular flexibility index (Phi) is 5.11. The van der Waals surface area contributed by atoms with E-state index in [2.05, 4.69) is 41.9 Å². The molecule has 0 saturated carbocycles. The highest BCUT2D eigenvalue weighted by atomic mass is 16.2. The number of rotatable bonds is 5. The molecule has 3 aromatic rings. The van der Waals surface area contributed by atoms with Crippen LogP contribution in [0.4, 0.5) is 11.5 Å². The van der Waals surface area contributed by atoms with E-state index in [0.717, 1.165) is 31.0 Å². The predicted octanol–water partition coefficient (Wildman–Crippen LogP) is 4.70. The topological polar surface area (TPSA) is 36.4 Å². The third-order valence-electron chi connectivity index (χ3n) is 5.24. The maximum absolute atomic E-state index is 13.2. The molecule has 1 aliphatic heterocycles. The minimum atomic E-state index is 0.0389. The molecule has 0 atom stereocenters. The van der Waals surface area contributed by atoms with E-state index >= 15 is 0 Å². The lowest BCUT2D eigenvalue weighted by Gasteiger charge is -2.28. The van der Waals surface area contributed by atoms with Crippen molar-refractivity contribution in [3.63, 3.8) is 0 Å². The van der Waals surface area contributed by atoms with Crippen LogP contribution >= 0.6 is 0 Å². The molecule has 4 heteroatoms. The molecular formula is C24H25N3O. The predicted molar refractivity (Wildman–Crippen MR) is 114 cm³/mol. The number of para-hydroxylation sites is 1. The number of carbonyl (C=O) groups excluding carboxylic acids is 1. The molecule has 28 heavy (non-hydrogen) atoms. The van der Waals surface area contributed by atoms with Crippen molar-refractivity contribution in [2.45, 2.75) is 32.9 Å².